The summed E-state index contributed by atoms with van der Waals surface area (Å²) in [5.74, 6) is -2.64. The minimum absolute atomic E-state index is 0.229. The number of hydrogen-bond acceptors (Lipinski definition) is 6. The van der Waals surface area contributed by atoms with Crippen LogP contribution in [0.5, 0.6) is 11.5 Å². The number of ether oxygens (including phenoxy) is 3. The molecule has 1 fully saturated rings. The summed E-state index contributed by atoms with van der Waals surface area (Å²) in [5.41, 5.74) is -0.106. The average molecular weight is 357 g/mol. The molecule has 0 saturated carbocycles. The Morgan fingerprint density at radius 3 is 2.35 bits per heavy atom. The Labute approximate surface area is 149 Å². The molecular formula is C19H16FNO5. The maximum atomic E-state index is 13.6. The van der Waals surface area contributed by atoms with Gasteiger partial charge >= 0.3 is 11.9 Å². The first kappa shape index (κ1) is 17.5. The number of anilines is 1. The first-order chi connectivity index (χ1) is 12.3. The van der Waals surface area contributed by atoms with Crippen molar-refractivity contribution in [1.29, 1.82) is 0 Å². The molecule has 1 heterocycles. The van der Waals surface area contributed by atoms with Gasteiger partial charge in [0.1, 0.15) is 11.6 Å². The average Bonchev–Trinajstić information content (AvgIpc) is 2.56. The van der Waals surface area contributed by atoms with Crippen molar-refractivity contribution in [3.63, 3.8) is 0 Å². The van der Waals surface area contributed by atoms with Crippen LogP contribution in [0.15, 0.2) is 60.3 Å². The minimum atomic E-state index is -1.33. The van der Waals surface area contributed by atoms with Crippen LogP contribution in [0.1, 0.15) is 13.8 Å². The Balaban J connectivity index is 1.84. The molecule has 1 saturated heterocycles. The number of carbonyl (C=O) groups excluding carboxylic acids is 2. The fraction of sp³-hybridized carbons (Fsp3) is 0.158. The number of cyclic esters (lactones) is 2. The molecule has 2 aromatic carbocycles. The van der Waals surface area contributed by atoms with E-state index in [0.717, 1.165) is 6.20 Å². The Kier molecular flexibility index (Phi) is 4.62. The van der Waals surface area contributed by atoms with Gasteiger partial charge in [0.05, 0.1) is 5.69 Å². The van der Waals surface area contributed by atoms with Crippen LogP contribution < -0.4 is 10.1 Å². The van der Waals surface area contributed by atoms with Gasteiger partial charge in [0, 0.05) is 26.1 Å². The van der Waals surface area contributed by atoms with E-state index >= 15 is 0 Å². The van der Waals surface area contributed by atoms with Gasteiger partial charge in [-0.25, -0.2) is 14.0 Å². The van der Waals surface area contributed by atoms with Crippen LogP contribution in [0.2, 0.25) is 0 Å². The lowest BCUT2D eigenvalue weighted by Crippen LogP contribution is -2.42. The predicted octanol–water partition coefficient (Wildman–Crippen LogP) is 3.75. The van der Waals surface area contributed by atoms with Crippen molar-refractivity contribution >= 4 is 17.6 Å². The van der Waals surface area contributed by atoms with Crippen LogP contribution in [-0.4, -0.2) is 17.7 Å². The van der Waals surface area contributed by atoms with Crippen LogP contribution >= 0.6 is 0 Å². The zero-order valence-corrected chi connectivity index (χ0v) is 14.1. The van der Waals surface area contributed by atoms with Crippen LogP contribution in [0, 0.1) is 5.82 Å². The summed E-state index contributed by atoms with van der Waals surface area (Å²) in [6, 6.07) is 12.8. The van der Waals surface area contributed by atoms with Crippen molar-refractivity contribution in [3.05, 3.63) is 66.1 Å². The van der Waals surface area contributed by atoms with E-state index in [1.54, 1.807) is 24.3 Å². The van der Waals surface area contributed by atoms with Gasteiger partial charge in [-0.2, -0.15) is 0 Å². The topological polar surface area (TPSA) is 73.9 Å². The molecule has 2 aromatic rings. The highest BCUT2D eigenvalue weighted by Crippen LogP contribution is 2.31. The zero-order valence-electron chi connectivity index (χ0n) is 14.1. The molecule has 0 bridgehead atoms. The quantitative estimate of drug-likeness (QED) is 0.510. The fourth-order valence-electron chi connectivity index (χ4n) is 2.25. The van der Waals surface area contributed by atoms with E-state index in [4.69, 9.17) is 14.2 Å². The highest BCUT2D eigenvalue weighted by atomic mass is 19.1. The number of hydrogen-bond donors (Lipinski definition) is 1. The molecule has 0 amide bonds. The standard InChI is InChI=1S/C19H16FNO5/c1-19(2)25-17(22)14(18(23)26-19)11-21-15-10-12(20)8-9-16(15)24-13-6-4-3-5-7-13/h3-11,21H,1-2H3. The first-order valence-electron chi connectivity index (χ1n) is 7.80. The largest absolute Gasteiger partial charge is 0.455 e. The summed E-state index contributed by atoms with van der Waals surface area (Å²) < 4.78 is 29.3. The summed E-state index contributed by atoms with van der Waals surface area (Å²) in [6.07, 6.45) is 1.10. The van der Waals surface area contributed by atoms with Crippen molar-refractivity contribution < 1.29 is 28.2 Å². The summed E-state index contributed by atoms with van der Waals surface area (Å²) in [7, 11) is 0. The van der Waals surface area contributed by atoms with Gasteiger partial charge in [0.2, 0.25) is 0 Å². The maximum Gasteiger partial charge on any atom is 0.350 e. The monoisotopic (exact) mass is 357 g/mol. The number of rotatable bonds is 4. The molecule has 0 unspecified atom stereocenters. The van der Waals surface area contributed by atoms with Crippen molar-refractivity contribution in [1.82, 2.24) is 0 Å². The molecule has 0 radical (unpaired) electrons. The minimum Gasteiger partial charge on any atom is -0.455 e. The van der Waals surface area contributed by atoms with Crippen LogP contribution in [0.25, 0.3) is 0 Å². The molecule has 26 heavy (non-hydrogen) atoms. The molecule has 134 valence electrons. The van der Waals surface area contributed by atoms with Crippen molar-refractivity contribution in [2.24, 2.45) is 0 Å². The SMILES string of the molecule is CC1(C)OC(=O)C(=CNc2cc(F)ccc2Oc2ccccc2)C(=O)O1. The van der Waals surface area contributed by atoms with Gasteiger partial charge in [0.15, 0.2) is 11.3 Å². The van der Waals surface area contributed by atoms with Gasteiger partial charge < -0.3 is 19.5 Å². The Morgan fingerprint density at radius 2 is 1.69 bits per heavy atom. The Hall–Kier alpha value is -3.35. The second-order valence-corrected chi connectivity index (χ2v) is 5.94. The van der Waals surface area contributed by atoms with Crippen LogP contribution in [-0.2, 0) is 19.1 Å². The summed E-state index contributed by atoms with van der Waals surface area (Å²) in [5, 5.41) is 2.70. The van der Waals surface area contributed by atoms with Gasteiger partial charge in [0.25, 0.3) is 5.79 Å². The zero-order chi connectivity index (χ0) is 18.7. The van der Waals surface area contributed by atoms with E-state index < -0.39 is 23.5 Å². The maximum absolute atomic E-state index is 13.6. The number of halogens is 1. The fourth-order valence-corrected chi connectivity index (χ4v) is 2.25. The molecule has 1 N–H and O–H groups in total. The molecular weight excluding hydrogens is 341 g/mol. The van der Waals surface area contributed by atoms with E-state index in [1.165, 1.54) is 32.0 Å². The normalized spacial score (nSPS) is 15.7. The van der Waals surface area contributed by atoms with Crippen molar-refractivity contribution in [3.8, 4) is 11.5 Å². The number of nitrogens with one attached hydrogen (secondary N) is 1. The summed E-state index contributed by atoms with van der Waals surface area (Å²) >= 11 is 0. The molecule has 0 aromatic heterocycles. The van der Waals surface area contributed by atoms with Crippen molar-refractivity contribution in [2.45, 2.75) is 19.6 Å². The number of benzene rings is 2. The molecule has 0 spiro atoms. The highest BCUT2D eigenvalue weighted by molar-refractivity contribution is 6.15. The van der Waals surface area contributed by atoms with Crippen LogP contribution in [0.3, 0.4) is 0 Å². The summed E-state index contributed by atoms with van der Waals surface area (Å²) in [6.45, 7) is 2.90. The van der Waals surface area contributed by atoms with Crippen LogP contribution in [0.4, 0.5) is 10.1 Å². The third-order valence-electron chi connectivity index (χ3n) is 3.40. The smallest absolute Gasteiger partial charge is 0.350 e. The number of para-hydroxylation sites is 1. The molecule has 7 heteroatoms. The molecule has 6 nitrogen and oxygen atoms in total. The van der Waals surface area contributed by atoms with Gasteiger partial charge in [-0.05, 0) is 24.3 Å². The van der Waals surface area contributed by atoms with E-state index in [9.17, 15) is 14.0 Å². The first-order valence-corrected chi connectivity index (χ1v) is 7.80. The van der Waals surface area contributed by atoms with E-state index in [0.29, 0.717) is 11.5 Å². The van der Waals surface area contributed by atoms with Crippen molar-refractivity contribution in [2.75, 3.05) is 5.32 Å². The lowest BCUT2D eigenvalue weighted by molar-refractivity contribution is -0.222. The molecule has 3 rings (SSSR count). The molecule has 0 atom stereocenters. The Bertz CT molecular complexity index is 855. The van der Waals surface area contributed by atoms with E-state index in [2.05, 4.69) is 5.32 Å². The molecule has 1 aliphatic rings. The summed E-state index contributed by atoms with van der Waals surface area (Å²) in [4.78, 5) is 23.9. The van der Waals surface area contributed by atoms with Gasteiger partial charge in [-0.15, -0.1) is 0 Å². The molecule has 0 aliphatic carbocycles. The Morgan fingerprint density at radius 1 is 1.04 bits per heavy atom. The second-order valence-electron chi connectivity index (χ2n) is 5.94. The van der Waals surface area contributed by atoms with Gasteiger partial charge in [-0.3, -0.25) is 0 Å². The second kappa shape index (κ2) is 6.87. The highest BCUT2D eigenvalue weighted by Gasteiger charge is 2.39. The van der Waals surface area contributed by atoms with E-state index in [-0.39, 0.29) is 11.3 Å². The van der Waals surface area contributed by atoms with Gasteiger partial charge in [-0.1, -0.05) is 18.2 Å². The predicted molar refractivity (Wildman–Crippen MR) is 90.9 cm³/mol. The third kappa shape index (κ3) is 4.00. The van der Waals surface area contributed by atoms with E-state index in [1.807, 2.05) is 6.07 Å². The third-order valence-corrected chi connectivity index (χ3v) is 3.40. The number of carbonyl (C=O) groups is 2. The lowest BCUT2D eigenvalue weighted by atomic mass is 10.2. The number of esters is 2. The lowest BCUT2D eigenvalue weighted by Gasteiger charge is -2.29. The molecule has 1 aliphatic heterocycles.